The number of rotatable bonds is 5. The summed E-state index contributed by atoms with van der Waals surface area (Å²) in [5, 5.41) is 12.6. The fourth-order valence-corrected chi connectivity index (χ4v) is 3.20. The van der Waals surface area contributed by atoms with Crippen LogP contribution in [-0.4, -0.2) is 27.0 Å². The number of aromatic amines is 1. The van der Waals surface area contributed by atoms with E-state index in [0.29, 0.717) is 22.0 Å². The normalized spacial score (nSPS) is 10.6. The van der Waals surface area contributed by atoms with E-state index in [1.165, 1.54) is 18.3 Å². The van der Waals surface area contributed by atoms with Crippen molar-refractivity contribution in [2.75, 3.05) is 5.32 Å². The predicted molar refractivity (Wildman–Crippen MR) is 111 cm³/mol. The quantitative estimate of drug-likeness (QED) is 0.594. The number of hydrogen-bond donors (Lipinski definition) is 3. The van der Waals surface area contributed by atoms with Crippen LogP contribution in [0.25, 0.3) is 11.1 Å². The summed E-state index contributed by atoms with van der Waals surface area (Å²) in [6.07, 6.45) is 1.10. The van der Waals surface area contributed by atoms with Gasteiger partial charge >= 0.3 is 5.97 Å². The van der Waals surface area contributed by atoms with E-state index in [1.807, 2.05) is 19.1 Å². The molecular weight excluding hydrogens is 394 g/mol. The molecule has 0 aliphatic heterocycles. The van der Waals surface area contributed by atoms with Crippen LogP contribution in [0.4, 0.5) is 5.69 Å². The number of amides is 1. The molecule has 0 saturated heterocycles. The molecule has 1 aromatic heterocycles. The molecule has 3 N–H and O–H groups in total. The number of nitrogens with zero attached hydrogens (tertiary/aromatic N) is 1. The fourth-order valence-electron chi connectivity index (χ4n) is 2.86. The van der Waals surface area contributed by atoms with E-state index in [4.69, 9.17) is 11.6 Å². The van der Waals surface area contributed by atoms with Gasteiger partial charge in [0.25, 0.3) is 5.56 Å². The summed E-state index contributed by atoms with van der Waals surface area (Å²) in [7, 11) is 0. The van der Waals surface area contributed by atoms with Gasteiger partial charge in [-0.1, -0.05) is 29.8 Å². The van der Waals surface area contributed by atoms with Crippen LogP contribution >= 0.6 is 11.6 Å². The molecule has 0 radical (unpaired) electrons. The number of carbonyl (C=O) groups is 2. The number of carboxylic acids is 1. The van der Waals surface area contributed by atoms with Crippen molar-refractivity contribution in [1.29, 1.82) is 0 Å². The number of hydrogen-bond acceptors (Lipinski definition) is 4. The standard InChI is InChI=1S/C21H18ClN3O4/c1-11-3-5-15(17(22)7-11)13-4-6-18(16(8-13)21(28)29)25-19(26)9-14-10-23-12(2)24-20(14)27/h3-8,10H,9H2,1-2H3,(H,25,26)(H,28,29)(H,23,24,27). The summed E-state index contributed by atoms with van der Waals surface area (Å²) in [5.41, 5.74) is 2.12. The first-order valence-electron chi connectivity index (χ1n) is 8.73. The molecule has 3 rings (SSSR count). The zero-order valence-electron chi connectivity index (χ0n) is 15.7. The molecule has 1 amide bonds. The Kier molecular flexibility index (Phi) is 5.79. The second kappa shape index (κ2) is 8.28. The summed E-state index contributed by atoms with van der Waals surface area (Å²) >= 11 is 6.28. The molecule has 0 atom stereocenters. The van der Waals surface area contributed by atoms with Crippen LogP contribution < -0.4 is 10.9 Å². The maximum absolute atomic E-state index is 12.3. The largest absolute Gasteiger partial charge is 0.478 e. The lowest BCUT2D eigenvalue weighted by molar-refractivity contribution is -0.115. The van der Waals surface area contributed by atoms with Crippen LogP contribution in [0.1, 0.15) is 27.3 Å². The number of benzene rings is 2. The molecule has 2 aromatic carbocycles. The van der Waals surface area contributed by atoms with Crippen LogP contribution in [0, 0.1) is 13.8 Å². The number of carboxylic acid groups (broad SMARTS) is 1. The van der Waals surface area contributed by atoms with Gasteiger partial charge in [0, 0.05) is 22.3 Å². The maximum Gasteiger partial charge on any atom is 0.337 e. The Morgan fingerprint density at radius 2 is 1.93 bits per heavy atom. The van der Waals surface area contributed by atoms with Crippen molar-refractivity contribution in [3.8, 4) is 11.1 Å². The third-order valence-corrected chi connectivity index (χ3v) is 4.62. The maximum atomic E-state index is 12.3. The molecule has 0 aliphatic rings. The van der Waals surface area contributed by atoms with Gasteiger partial charge < -0.3 is 15.4 Å². The Bertz CT molecular complexity index is 1170. The van der Waals surface area contributed by atoms with E-state index in [0.717, 1.165) is 5.56 Å². The highest BCUT2D eigenvalue weighted by molar-refractivity contribution is 6.33. The Labute approximate surface area is 171 Å². The molecule has 148 valence electrons. The molecule has 0 fully saturated rings. The number of aryl methyl sites for hydroxylation is 2. The molecule has 0 unspecified atom stereocenters. The van der Waals surface area contributed by atoms with Gasteiger partial charge in [0.05, 0.1) is 17.7 Å². The van der Waals surface area contributed by atoms with Gasteiger partial charge in [-0.25, -0.2) is 9.78 Å². The average molecular weight is 412 g/mol. The molecule has 7 nitrogen and oxygen atoms in total. The molecule has 0 aliphatic carbocycles. The Morgan fingerprint density at radius 1 is 1.17 bits per heavy atom. The van der Waals surface area contributed by atoms with Crippen molar-refractivity contribution in [2.45, 2.75) is 20.3 Å². The van der Waals surface area contributed by atoms with E-state index < -0.39 is 17.4 Å². The number of halogens is 1. The van der Waals surface area contributed by atoms with Crippen LogP contribution in [0.2, 0.25) is 5.02 Å². The van der Waals surface area contributed by atoms with Gasteiger partial charge in [0.1, 0.15) is 5.82 Å². The SMILES string of the molecule is Cc1ccc(-c2ccc(NC(=O)Cc3cnc(C)[nH]c3=O)c(C(=O)O)c2)c(Cl)c1. The molecule has 1 heterocycles. The summed E-state index contributed by atoms with van der Waals surface area (Å²) in [4.78, 5) is 42.4. The first kappa shape index (κ1) is 20.3. The van der Waals surface area contributed by atoms with E-state index in [1.54, 1.807) is 19.1 Å². The van der Waals surface area contributed by atoms with E-state index in [2.05, 4.69) is 15.3 Å². The van der Waals surface area contributed by atoms with Gasteiger partial charge in [-0.15, -0.1) is 0 Å². The van der Waals surface area contributed by atoms with E-state index in [-0.39, 0.29) is 23.2 Å². The Hall–Kier alpha value is -3.45. The topological polar surface area (TPSA) is 112 Å². The first-order valence-corrected chi connectivity index (χ1v) is 9.11. The molecular formula is C21H18ClN3O4. The monoisotopic (exact) mass is 411 g/mol. The first-order chi connectivity index (χ1) is 13.7. The third-order valence-electron chi connectivity index (χ3n) is 4.31. The summed E-state index contributed by atoms with van der Waals surface area (Å²) in [6, 6.07) is 10.1. The van der Waals surface area contributed by atoms with Crippen molar-refractivity contribution in [3.63, 3.8) is 0 Å². The lowest BCUT2D eigenvalue weighted by atomic mass is 10.0. The van der Waals surface area contributed by atoms with Crippen molar-refractivity contribution >= 4 is 29.2 Å². The Balaban J connectivity index is 1.88. The van der Waals surface area contributed by atoms with Crippen molar-refractivity contribution in [1.82, 2.24) is 9.97 Å². The molecule has 0 saturated carbocycles. The zero-order valence-corrected chi connectivity index (χ0v) is 16.5. The molecule has 0 bridgehead atoms. The lowest BCUT2D eigenvalue weighted by Crippen LogP contribution is -2.22. The van der Waals surface area contributed by atoms with Crippen molar-refractivity contribution in [3.05, 3.63) is 80.5 Å². The van der Waals surface area contributed by atoms with Gasteiger partial charge in [0.2, 0.25) is 5.91 Å². The highest BCUT2D eigenvalue weighted by Gasteiger charge is 2.16. The number of carbonyl (C=O) groups excluding carboxylic acids is 1. The number of aromatic carboxylic acids is 1. The minimum atomic E-state index is -1.19. The van der Waals surface area contributed by atoms with E-state index >= 15 is 0 Å². The van der Waals surface area contributed by atoms with E-state index in [9.17, 15) is 19.5 Å². The summed E-state index contributed by atoms with van der Waals surface area (Å²) < 4.78 is 0. The van der Waals surface area contributed by atoms with Crippen molar-refractivity contribution in [2.24, 2.45) is 0 Å². The number of H-pyrrole nitrogens is 1. The lowest BCUT2D eigenvalue weighted by Gasteiger charge is -2.12. The molecule has 8 heteroatoms. The van der Waals surface area contributed by atoms with Gasteiger partial charge in [-0.3, -0.25) is 9.59 Å². The Morgan fingerprint density at radius 3 is 2.59 bits per heavy atom. The summed E-state index contributed by atoms with van der Waals surface area (Å²) in [6.45, 7) is 3.54. The number of nitrogens with one attached hydrogen (secondary N) is 2. The second-order valence-corrected chi connectivity index (χ2v) is 7.00. The fraction of sp³-hybridized carbons (Fsp3) is 0.143. The molecule has 29 heavy (non-hydrogen) atoms. The third kappa shape index (κ3) is 4.70. The van der Waals surface area contributed by atoms with Gasteiger partial charge in [0.15, 0.2) is 0 Å². The van der Waals surface area contributed by atoms with Gasteiger partial charge in [-0.2, -0.15) is 0 Å². The van der Waals surface area contributed by atoms with Crippen LogP contribution in [0.15, 0.2) is 47.4 Å². The van der Waals surface area contributed by atoms with Crippen LogP contribution in [-0.2, 0) is 11.2 Å². The minimum absolute atomic E-state index is 0.0802. The van der Waals surface area contributed by atoms with Crippen molar-refractivity contribution < 1.29 is 14.7 Å². The summed E-state index contributed by atoms with van der Waals surface area (Å²) in [5.74, 6) is -1.28. The molecule has 0 spiro atoms. The van der Waals surface area contributed by atoms with Crippen LogP contribution in [0.5, 0.6) is 0 Å². The van der Waals surface area contributed by atoms with Gasteiger partial charge in [-0.05, 0) is 43.2 Å². The number of aromatic nitrogens is 2. The molecule has 3 aromatic rings. The second-order valence-electron chi connectivity index (χ2n) is 6.60. The number of anilines is 1. The highest BCUT2D eigenvalue weighted by Crippen LogP contribution is 2.31. The van der Waals surface area contributed by atoms with Crippen LogP contribution in [0.3, 0.4) is 0 Å². The smallest absolute Gasteiger partial charge is 0.337 e. The predicted octanol–water partition coefficient (Wildman–Crippen LogP) is 3.59. The zero-order chi connectivity index (χ0) is 21.1. The average Bonchev–Trinajstić information content (AvgIpc) is 2.64. The minimum Gasteiger partial charge on any atom is -0.478 e. The highest BCUT2D eigenvalue weighted by atomic mass is 35.5.